The minimum atomic E-state index is -4.30. The molecule has 6 nitrogen and oxygen atoms in total. The monoisotopic (exact) mass is 389 g/mol. The summed E-state index contributed by atoms with van der Waals surface area (Å²) in [4.78, 5) is 13.4. The third-order valence-electron chi connectivity index (χ3n) is 5.24. The molecule has 26 heavy (non-hydrogen) atoms. The van der Waals surface area contributed by atoms with Gasteiger partial charge in [-0.1, -0.05) is 19.9 Å². The van der Waals surface area contributed by atoms with E-state index in [1.54, 1.807) is 4.90 Å². The summed E-state index contributed by atoms with van der Waals surface area (Å²) in [5.41, 5.74) is 5.15. The molecule has 0 saturated carbocycles. The van der Waals surface area contributed by atoms with E-state index < -0.39 is 32.0 Å². The Morgan fingerprint density at radius 2 is 1.62 bits per heavy atom. The van der Waals surface area contributed by atoms with Gasteiger partial charge < -0.3 is 10.6 Å². The summed E-state index contributed by atoms with van der Waals surface area (Å²) in [5.74, 6) is -2.34. The summed E-state index contributed by atoms with van der Waals surface area (Å²) < 4.78 is 54.0. The SMILES string of the molecule is CCC(CC)(CN)C(=O)N1CCN(S(=O)(=O)c2c(F)cccc2F)CC1. The molecule has 0 aliphatic carbocycles. The molecule has 9 heteroatoms. The van der Waals surface area contributed by atoms with Gasteiger partial charge in [0.25, 0.3) is 0 Å². The Hall–Kier alpha value is -1.58. The summed E-state index contributed by atoms with van der Waals surface area (Å²) in [7, 11) is -4.30. The maximum atomic E-state index is 13.9. The largest absolute Gasteiger partial charge is 0.340 e. The maximum Gasteiger partial charge on any atom is 0.249 e. The molecule has 2 rings (SSSR count). The van der Waals surface area contributed by atoms with Crippen molar-refractivity contribution in [2.45, 2.75) is 31.6 Å². The molecule has 1 aromatic rings. The highest BCUT2D eigenvalue weighted by Gasteiger charge is 2.40. The maximum absolute atomic E-state index is 13.9. The van der Waals surface area contributed by atoms with Crippen LogP contribution in [-0.4, -0.2) is 56.3 Å². The first kappa shape index (κ1) is 20.7. The quantitative estimate of drug-likeness (QED) is 0.800. The van der Waals surface area contributed by atoms with Gasteiger partial charge in [-0.25, -0.2) is 17.2 Å². The Balaban J connectivity index is 2.17. The minimum Gasteiger partial charge on any atom is -0.340 e. The standard InChI is InChI=1S/C17H25F2N3O3S/c1-3-17(4-2,12-20)16(23)21-8-10-22(11-9-21)26(24,25)15-13(18)6-5-7-14(15)19/h5-7H,3-4,8-12,20H2,1-2H3. The highest BCUT2D eigenvalue weighted by Crippen LogP contribution is 2.29. The molecule has 0 atom stereocenters. The number of rotatable bonds is 6. The van der Waals surface area contributed by atoms with Crippen molar-refractivity contribution in [2.75, 3.05) is 32.7 Å². The molecule has 1 fully saturated rings. The number of carbonyl (C=O) groups is 1. The van der Waals surface area contributed by atoms with E-state index in [0.29, 0.717) is 12.8 Å². The Kier molecular flexibility index (Phi) is 6.36. The van der Waals surface area contributed by atoms with Crippen LogP contribution in [0.4, 0.5) is 8.78 Å². The molecule has 1 aliphatic rings. The molecule has 0 unspecified atom stereocenters. The first-order valence-corrected chi connectivity index (χ1v) is 10.1. The molecule has 0 bridgehead atoms. The van der Waals surface area contributed by atoms with Crippen LogP contribution in [0.25, 0.3) is 0 Å². The van der Waals surface area contributed by atoms with Gasteiger partial charge in [0.15, 0.2) is 4.90 Å². The van der Waals surface area contributed by atoms with E-state index in [4.69, 9.17) is 5.73 Å². The molecule has 0 aromatic heterocycles. The molecule has 2 N–H and O–H groups in total. The van der Waals surface area contributed by atoms with Crippen molar-refractivity contribution in [1.82, 2.24) is 9.21 Å². The van der Waals surface area contributed by atoms with Gasteiger partial charge in [0, 0.05) is 32.7 Å². The van der Waals surface area contributed by atoms with Crippen LogP contribution in [0.1, 0.15) is 26.7 Å². The van der Waals surface area contributed by atoms with Crippen molar-refractivity contribution in [3.05, 3.63) is 29.8 Å². The number of hydrogen-bond donors (Lipinski definition) is 1. The predicted octanol–water partition coefficient (Wildman–Crippen LogP) is 1.56. The van der Waals surface area contributed by atoms with Crippen molar-refractivity contribution < 1.29 is 22.0 Å². The molecule has 1 amide bonds. The van der Waals surface area contributed by atoms with E-state index in [0.717, 1.165) is 22.5 Å². The van der Waals surface area contributed by atoms with Gasteiger partial charge in [0.1, 0.15) is 11.6 Å². The number of amides is 1. The van der Waals surface area contributed by atoms with E-state index in [1.807, 2.05) is 13.8 Å². The number of nitrogens with two attached hydrogens (primary N) is 1. The fraction of sp³-hybridized carbons (Fsp3) is 0.588. The molecule has 146 valence electrons. The van der Waals surface area contributed by atoms with E-state index >= 15 is 0 Å². The number of halogens is 2. The Bertz CT molecular complexity index is 730. The second-order valence-corrected chi connectivity index (χ2v) is 8.31. The van der Waals surface area contributed by atoms with E-state index in [-0.39, 0.29) is 38.6 Å². The van der Waals surface area contributed by atoms with Crippen LogP contribution in [0.15, 0.2) is 23.1 Å². The highest BCUT2D eigenvalue weighted by atomic mass is 32.2. The summed E-state index contributed by atoms with van der Waals surface area (Å²) in [6.45, 7) is 4.31. The number of sulfonamides is 1. The molecular formula is C17H25F2N3O3S. The number of hydrogen-bond acceptors (Lipinski definition) is 4. The van der Waals surface area contributed by atoms with Crippen LogP contribution < -0.4 is 5.73 Å². The zero-order valence-corrected chi connectivity index (χ0v) is 15.9. The van der Waals surface area contributed by atoms with Crippen LogP contribution in [-0.2, 0) is 14.8 Å². The number of piperazine rings is 1. The van der Waals surface area contributed by atoms with E-state index in [1.165, 1.54) is 0 Å². The third kappa shape index (κ3) is 3.60. The lowest BCUT2D eigenvalue weighted by Gasteiger charge is -2.39. The second-order valence-electron chi connectivity index (χ2n) is 6.44. The summed E-state index contributed by atoms with van der Waals surface area (Å²) in [6.07, 6.45) is 1.19. The van der Waals surface area contributed by atoms with Crippen LogP contribution in [0.3, 0.4) is 0 Å². The number of benzene rings is 1. The van der Waals surface area contributed by atoms with Gasteiger partial charge >= 0.3 is 0 Å². The lowest BCUT2D eigenvalue weighted by molar-refractivity contribution is -0.143. The fourth-order valence-corrected chi connectivity index (χ4v) is 4.78. The first-order valence-electron chi connectivity index (χ1n) is 8.67. The molecule has 1 saturated heterocycles. The van der Waals surface area contributed by atoms with Crippen LogP contribution in [0.5, 0.6) is 0 Å². The van der Waals surface area contributed by atoms with Gasteiger partial charge in [0.2, 0.25) is 15.9 Å². The lowest BCUT2D eigenvalue weighted by atomic mass is 9.81. The minimum absolute atomic E-state index is 0.0179. The molecule has 0 radical (unpaired) electrons. The smallest absolute Gasteiger partial charge is 0.249 e. The third-order valence-corrected chi connectivity index (χ3v) is 7.19. The zero-order valence-electron chi connectivity index (χ0n) is 15.0. The molecular weight excluding hydrogens is 364 g/mol. The topological polar surface area (TPSA) is 83.7 Å². The fourth-order valence-electron chi connectivity index (χ4n) is 3.25. The van der Waals surface area contributed by atoms with Gasteiger partial charge in [-0.15, -0.1) is 0 Å². The molecule has 1 aromatic carbocycles. The zero-order chi connectivity index (χ0) is 19.5. The normalized spacial score (nSPS) is 16.7. The Labute approximate surface area is 153 Å². The summed E-state index contributed by atoms with van der Waals surface area (Å²) in [6, 6.07) is 2.93. The lowest BCUT2D eigenvalue weighted by Crippen LogP contribution is -2.55. The van der Waals surface area contributed by atoms with Crippen molar-refractivity contribution in [3.63, 3.8) is 0 Å². The van der Waals surface area contributed by atoms with Crippen molar-refractivity contribution in [3.8, 4) is 0 Å². The Morgan fingerprint density at radius 1 is 1.12 bits per heavy atom. The van der Waals surface area contributed by atoms with Crippen LogP contribution in [0, 0.1) is 17.0 Å². The summed E-state index contributed by atoms with van der Waals surface area (Å²) >= 11 is 0. The van der Waals surface area contributed by atoms with Crippen molar-refractivity contribution in [2.24, 2.45) is 11.1 Å². The van der Waals surface area contributed by atoms with Gasteiger partial charge in [-0.05, 0) is 25.0 Å². The molecule has 1 aliphatic heterocycles. The Morgan fingerprint density at radius 3 is 2.04 bits per heavy atom. The average Bonchev–Trinajstić information content (AvgIpc) is 2.63. The van der Waals surface area contributed by atoms with Crippen molar-refractivity contribution in [1.29, 1.82) is 0 Å². The first-order chi connectivity index (χ1) is 12.2. The van der Waals surface area contributed by atoms with Gasteiger partial charge in [0.05, 0.1) is 5.41 Å². The number of carbonyl (C=O) groups excluding carboxylic acids is 1. The predicted molar refractivity (Wildman–Crippen MR) is 93.8 cm³/mol. The summed E-state index contributed by atoms with van der Waals surface area (Å²) in [5, 5.41) is 0. The van der Waals surface area contributed by atoms with E-state index in [2.05, 4.69) is 0 Å². The van der Waals surface area contributed by atoms with Crippen molar-refractivity contribution >= 4 is 15.9 Å². The second kappa shape index (κ2) is 7.98. The number of nitrogens with zero attached hydrogens (tertiary/aromatic N) is 2. The van der Waals surface area contributed by atoms with E-state index in [9.17, 15) is 22.0 Å². The molecule has 0 spiro atoms. The average molecular weight is 389 g/mol. The van der Waals surface area contributed by atoms with Gasteiger partial charge in [-0.3, -0.25) is 4.79 Å². The highest BCUT2D eigenvalue weighted by molar-refractivity contribution is 7.89. The van der Waals surface area contributed by atoms with Gasteiger partial charge in [-0.2, -0.15) is 4.31 Å². The van der Waals surface area contributed by atoms with Crippen LogP contribution in [0.2, 0.25) is 0 Å². The van der Waals surface area contributed by atoms with Crippen LogP contribution >= 0.6 is 0 Å². The molecule has 1 heterocycles.